The quantitative estimate of drug-likeness (QED) is 0.574. The van der Waals surface area contributed by atoms with Gasteiger partial charge in [-0.25, -0.2) is 0 Å². The predicted octanol–water partition coefficient (Wildman–Crippen LogP) is 2.34. The van der Waals surface area contributed by atoms with E-state index in [9.17, 15) is 4.79 Å². The molecule has 0 saturated heterocycles. The summed E-state index contributed by atoms with van der Waals surface area (Å²) in [7, 11) is 1.67. The molecule has 0 aliphatic heterocycles. The monoisotopic (exact) mass is 207 g/mol. The van der Waals surface area contributed by atoms with Gasteiger partial charge >= 0.3 is 0 Å². The number of hydrogen-bond acceptors (Lipinski definition) is 3. The first kappa shape index (κ1) is 11.7. The normalized spacial score (nSPS) is 10.0. The van der Waals surface area contributed by atoms with Crippen molar-refractivity contribution in [2.24, 2.45) is 0 Å². The Hall–Kier alpha value is -1.35. The van der Waals surface area contributed by atoms with Gasteiger partial charge in [-0.05, 0) is 24.3 Å². The van der Waals surface area contributed by atoms with E-state index >= 15 is 0 Å². The highest BCUT2D eigenvalue weighted by molar-refractivity contribution is 5.96. The molecule has 0 unspecified atom stereocenters. The van der Waals surface area contributed by atoms with Gasteiger partial charge in [-0.2, -0.15) is 0 Å². The third-order valence-corrected chi connectivity index (χ3v) is 2.16. The van der Waals surface area contributed by atoms with Crippen molar-refractivity contribution in [3.8, 4) is 0 Å². The third kappa shape index (κ3) is 3.72. The highest BCUT2D eigenvalue weighted by Gasteiger charge is 2.01. The van der Waals surface area contributed by atoms with Crippen molar-refractivity contribution in [1.82, 2.24) is 0 Å². The van der Waals surface area contributed by atoms with Crippen molar-refractivity contribution in [3.63, 3.8) is 0 Å². The first-order chi connectivity index (χ1) is 7.27. The summed E-state index contributed by atoms with van der Waals surface area (Å²) in [5.41, 5.74) is 1.79. The first-order valence-electron chi connectivity index (χ1n) is 5.14. The largest absolute Gasteiger partial charge is 0.383 e. The van der Waals surface area contributed by atoms with Gasteiger partial charge in [-0.15, -0.1) is 0 Å². The van der Waals surface area contributed by atoms with Crippen molar-refractivity contribution < 1.29 is 9.53 Å². The van der Waals surface area contributed by atoms with Crippen molar-refractivity contribution in [3.05, 3.63) is 29.8 Å². The average molecular weight is 207 g/mol. The molecule has 0 fully saturated rings. The highest BCUT2D eigenvalue weighted by Crippen LogP contribution is 2.10. The van der Waals surface area contributed by atoms with Gasteiger partial charge < -0.3 is 10.1 Å². The van der Waals surface area contributed by atoms with Gasteiger partial charge in [0, 0.05) is 31.3 Å². The fourth-order valence-electron chi connectivity index (χ4n) is 1.28. The van der Waals surface area contributed by atoms with Crippen LogP contribution in [0.1, 0.15) is 23.7 Å². The Morgan fingerprint density at radius 3 is 2.53 bits per heavy atom. The number of nitrogens with one attached hydrogen (secondary N) is 1. The number of rotatable bonds is 6. The van der Waals surface area contributed by atoms with E-state index in [0.29, 0.717) is 13.0 Å². The zero-order valence-electron chi connectivity index (χ0n) is 9.25. The molecular formula is C12H17NO2. The molecule has 0 radical (unpaired) electrons. The van der Waals surface area contributed by atoms with Crippen LogP contribution in [0.2, 0.25) is 0 Å². The summed E-state index contributed by atoms with van der Waals surface area (Å²) < 4.78 is 4.93. The maximum absolute atomic E-state index is 11.3. The van der Waals surface area contributed by atoms with Gasteiger partial charge in [0.05, 0.1) is 6.61 Å². The van der Waals surface area contributed by atoms with E-state index in [1.807, 2.05) is 31.2 Å². The Bertz CT molecular complexity index is 306. The maximum atomic E-state index is 11.3. The van der Waals surface area contributed by atoms with E-state index in [0.717, 1.165) is 17.8 Å². The summed E-state index contributed by atoms with van der Waals surface area (Å²) in [5.74, 6) is 0.179. The fourth-order valence-corrected chi connectivity index (χ4v) is 1.28. The number of ether oxygens (including phenoxy) is 1. The molecule has 1 rings (SSSR count). The van der Waals surface area contributed by atoms with Crippen LogP contribution in [0, 0.1) is 0 Å². The molecule has 0 aliphatic rings. The zero-order chi connectivity index (χ0) is 11.1. The number of hydrogen-bond donors (Lipinski definition) is 1. The van der Waals surface area contributed by atoms with E-state index in [-0.39, 0.29) is 5.78 Å². The number of carbonyl (C=O) groups excluding carboxylic acids is 1. The first-order valence-corrected chi connectivity index (χ1v) is 5.14. The summed E-state index contributed by atoms with van der Waals surface area (Å²) in [6.45, 7) is 3.32. The van der Waals surface area contributed by atoms with Crippen LogP contribution in [-0.2, 0) is 4.74 Å². The van der Waals surface area contributed by atoms with Gasteiger partial charge in [0.1, 0.15) is 0 Å². The summed E-state index contributed by atoms with van der Waals surface area (Å²) in [6, 6.07) is 7.53. The number of Topliss-reactive ketones (excluding diaryl/α,β-unsaturated/α-hetero) is 1. The predicted molar refractivity (Wildman–Crippen MR) is 61.4 cm³/mol. The van der Waals surface area contributed by atoms with Crippen LogP contribution in [0.5, 0.6) is 0 Å². The lowest BCUT2D eigenvalue weighted by atomic mass is 10.1. The van der Waals surface area contributed by atoms with E-state index in [1.165, 1.54) is 0 Å². The third-order valence-electron chi connectivity index (χ3n) is 2.16. The second-order valence-electron chi connectivity index (χ2n) is 3.27. The maximum Gasteiger partial charge on any atom is 0.162 e. The highest BCUT2D eigenvalue weighted by atomic mass is 16.5. The fraction of sp³-hybridized carbons (Fsp3) is 0.417. The minimum absolute atomic E-state index is 0.179. The lowest BCUT2D eigenvalue weighted by Crippen LogP contribution is -2.07. The second-order valence-corrected chi connectivity index (χ2v) is 3.27. The smallest absolute Gasteiger partial charge is 0.162 e. The Morgan fingerprint density at radius 1 is 1.33 bits per heavy atom. The van der Waals surface area contributed by atoms with Crippen LogP contribution in [-0.4, -0.2) is 26.0 Å². The van der Waals surface area contributed by atoms with Crippen molar-refractivity contribution >= 4 is 11.5 Å². The van der Waals surface area contributed by atoms with Gasteiger partial charge in [0.15, 0.2) is 5.78 Å². The molecule has 0 spiro atoms. The molecular weight excluding hydrogens is 190 g/mol. The molecule has 1 aromatic carbocycles. The van der Waals surface area contributed by atoms with Crippen LogP contribution in [0.25, 0.3) is 0 Å². The van der Waals surface area contributed by atoms with Crippen LogP contribution in [0.4, 0.5) is 5.69 Å². The molecule has 82 valence electrons. The molecule has 1 N–H and O–H groups in total. The molecule has 0 atom stereocenters. The topological polar surface area (TPSA) is 38.3 Å². The van der Waals surface area contributed by atoms with Crippen molar-refractivity contribution in [1.29, 1.82) is 0 Å². The lowest BCUT2D eigenvalue weighted by Gasteiger charge is -2.06. The zero-order valence-corrected chi connectivity index (χ0v) is 9.25. The van der Waals surface area contributed by atoms with E-state index < -0.39 is 0 Å². The Balaban J connectivity index is 2.52. The second kappa shape index (κ2) is 6.19. The summed E-state index contributed by atoms with van der Waals surface area (Å²) >= 11 is 0. The molecule has 0 aliphatic carbocycles. The van der Waals surface area contributed by atoms with Crippen molar-refractivity contribution in [2.45, 2.75) is 13.3 Å². The Labute approximate surface area is 90.4 Å². The van der Waals surface area contributed by atoms with Crippen LogP contribution in [0.3, 0.4) is 0 Å². The number of benzene rings is 1. The van der Waals surface area contributed by atoms with Gasteiger partial charge in [0.2, 0.25) is 0 Å². The van der Waals surface area contributed by atoms with Crippen LogP contribution in [0.15, 0.2) is 24.3 Å². The minimum Gasteiger partial charge on any atom is -0.383 e. The summed E-state index contributed by atoms with van der Waals surface area (Å²) in [5, 5.41) is 3.19. The van der Waals surface area contributed by atoms with Gasteiger partial charge in [0.25, 0.3) is 0 Å². The molecule has 15 heavy (non-hydrogen) atoms. The van der Waals surface area contributed by atoms with E-state index in [2.05, 4.69) is 5.32 Å². The van der Waals surface area contributed by atoms with Gasteiger partial charge in [-0.3, -0.25) is 4.79 Å². The summed E-state index contributed by atoms with van der Waals surface area (Å²) in [4.78, 5) is 11.3. The molecule has 0 amide bonds. The molecule has 0 saturated carbocycles. The molecule has 1 aromatic rings. The molecule has 3 heteroatoms. The minimum atomic E-state index is 0.179. The molecule has 0 heterocycles. The number of methoxy groups -OCH3 is 1. The Kier molecular flexibility index (Phi) is 4.84. The number of anilines is 1. The standard InChI is InChI=1S/C12H17NO2/c1-3-12(14)10-4-6-11(7-5-10)13-8-9-15-2/h4-7,13H,3,8-9H2,1-2H3. The average Bonchev–Trinajstić information content (AvgIpc) is 2.29. The molecule has 0 aromatic heterocycles. The number of ketones is 1. The molecule has 0 bridgehead atoms. The van der Waals surface area contributed by atoms with Crippen LogP contribution >= 0.6 is 0 Å². The van der Waals surface area contributed by atoms with Gasteiger partial charge in [-0.1, -0.05) is 6.92 Å². The molecule has 3 nitrogen and oxygen atoms in total. The SMILES string of the molecule is CCC(=O)c1ccc(NCCOC)cc1. The van der Waals surface area contributed by atoms with E-state index in [1.54, 1.807) is 7.11 Å². The van der Waals surface area contributed by atoms with Crippen molar-refractivity contribution in [2.75, 3.05) is 25.6 Å². The number of carbonyl (C=O) groups is 1. The Morgan fingerprint density at radius 2 is 2.00 bits per heavy atom. The van der Waals surface area contributed by atoms with E-state index in [4.69, 9.17) is 4.74 Å². The summed E-state index contributed by atoms with van der Waals surface area (Å²) in [6.07, 6.45) is 0.552. The lowest BCUT2D eigenvalue weighted by molar-refractivity contribution is 0.0988. The van der Waals surface area contributed by atoms with Crippen LogP contribution < -0.4 is 5.32 Å².